The van der Waals surface area contributed by atoms with Gasteiger partial charge < -0.3 is 9.64 Å². The summed E-state index contributed by atoms with van der Waals surface area (Å²) in [6.07, 6.45) is 5.21. The molecule has 28 heavy (non-hydrogen) atoms. The molecule has 0 N–H and O–H groups in total. The number of carbonyl (C=O) groups excluding carboxylic acids is 2. The second kappa shape index (κ2) is 7.90. The molecule has 4 rings (SSSR count). The Morgan fingerprint density at radius 1 is 1.18 bits per heavy atom. The van der Waals surface area contributed by atoms with Crippen LogP contribution in [0.15, 0.2) is 24.3 Å². The van der Waals surface area contributed by atoms with Gasteiger partial charge in [0.05, 0.1) is 11.1 Å². The molecule has 0 unspecified atom stereocenters. The lowest BCUT2D eigenvalue weighted by atomic mass is 9.84. The topological polar surface area (TPSA) is 59.5 Å². The first-order valence-corrected chi connectivity index (χ1v) is 10.4. The zero-order valence-electron chi connectivity index (χ0n) is 16.7. The summed E-state index contributed by atoms with van der Waals surface area (Å²) < 4.78 is 5.70. The fourth-order valence-electron chi connectivity index (χ4n) is 4.44. The molecule has 5 nitrogen and oxygen atoms in total. The lowest BCUT2D eigenvalue weighted by molar-refractivity contribution is -0.140. The zero-order valence-corrected chi connectivity index (χ0v) is 16.7. The van der Waals surface area contributed by atoms with E-state index in [4.69, 9.17) is 9.72 Å². The molecule has 1 aromatic heterocycles. The second-order valence-corrected chi connectivity index (χ2v) is 8.21. The Morgan fingerprint density at radius 3 is 2.71 bits per heavy atom. The number of likely N-dealkylation sites (tertiary alicyclic amines) is 1. The van der Waals surface area contributed by atoms with Crippen molar-refractivity contribution in [1.82, 2.24) is 9.88 Å². The van der Waals surface area contributed by atoms with Gasteiger partial charge >= 0.3 is 5.97 Å². The van der Waals surface area contributed by atoms with Crippen LogP contribution in [-0.4, -0.2) is 41.0 Å². The molecule has 1 aromatic carbocycles. The Labute approximate surface area is 166 Å². The van der Waals surface area contributed by atoms with Gasteiger partial charge in [0.1, 0.15) is 0 Å². The molecule has 2 heterocycles. The first kappa shape index (κ1) is 18.9. The predicted molar refractivity (Wildman–Crippen MR) is 108 cm³/mol. The van der Waals surface area contributed by atoms with Crippen molar-refractivity contribution in [3.8, 4) is 0 Å². The first-order chi connectivity index (χ1) is 13.5. The maximum Gasteiger partial charge on any atom is 0.339 e. The Bertz CT molecular complexity index is 902. The number of amides is 1. The average molecular weight is 380 g/mol. The average Bonchev–Trinajstić information content (AvgIpc) is 2.72. The van der Waals surface area contributed by atoms with E-state index in [0.29, 0.717) is 11.5 Å². The van der Waals surface area contributed by atoms with Gasteiger partial charge in [0.25, 0.3) is 5.91 Å². The van der Waals surface area contributed by atoms with E-state index in [1.165, 1.54) is 0 Å². The molecule has 0 spiro atoms. The highest BCUT2D eigenvalue weighted by Crippen LogP contribution is 2.32. The quantitative estimate of drug-likeness (QED) is 0.758. The lowest BCUT2D eigenvalue weighted by Crippen LogP contribution is -2.42. The summed E-state index contributed by atoms with van der Waals surface area (Å²) in [7, 11) is 0. The molecule has 5 heteroatoms. The van der Waals surface area contributed by atoms with Crippen molar-refractivity contribution in [2.45, 2.75) is 58.5 Å². The van der Waals surface area contributed by atoms with E-state index in [0.717, 1.165) is 73.8 Å². The van der Waals surface area contributed by atoms with Crippen molar-refractivity contribution in [2.75, 3.05) is 13.1 Å². The predicted octanol–water partition coefficient (Wildman–Crippen LogP) is 3.92. The number of nitrogens with zero attached hydrogens (tertiary/aromatic N) is 2. The molecule has 1 amide bonds. The van der Waals surface area contributed by atoms with Crippen molar-refractivity contribution in [2.24, 2.45) is 5.92 Å². The summed E-state index contributed by atoms with van der Waals surface area (Å²) in [6.45, 7) is 5.40. The number of hydrogen-bond acceptors (Lipinski definition) is 4. The van der Waals surface area contributed by atoms with Crippen LogP contribution in [-0.2, 0) is 22.4 Å². The number of benzene rings is 1. The number of rotatable bonds is 3. The van der Waals surface area contributed by atoms with Crippen LogP contribution in [0.2, 0.25) is 0 Å². The number of para-hydroxylation sites is 1. The molecule has 2 atom stereocenters. The molecular formula is C23H28N2O3. The van der Waals surface area contributed by atoms with Crippen LogP contribution >= 0.6 is 0 Å². The Morgan fingerprint density at radius 2 is 1.93 bits per heavy atom. The number of aryl methyl sites for hydroxylation is 1. The number of ether oxygens (including phenoxy) is 1. The smallest absolute Gasteiger partial charge is 0.339 e. The molecule has 148 valence electrons. The molecule has 0 saturated carbocycles. The standard InChI is InChI=1S/C23H28N2O3/c1-15-10-11-20-18(14-15)21(17-8-4-5-9-19(17)24-20)23(27)28-16(2)22(26)25-12-6-3-7-13-25/h4-5,8-9,15-16H,3,6-7,10-14H2,1-2H3/t15-,16-/m1/s1. The van der Waals surface area contributed by atoms with Crippen molar-refractivity contribution in [1.29, 1.82) is 0 Å². The van der Waals surface area contributed by atoms with Crippen LogP contribution in [0, 0.1) is 5.92 Å². The van der Waals surface area contributed by atoms with E-state index in [9.17, 15) is 9.59 Å². The summed E-state index contributed by atoms with van der Waals surface area (Å²) in [6, 6.07) is 7.72. The molecule has 1 saturated heterocycles. The largest absolute Gasteiger partial charge is 0.449 e. The first-order valence-electron chi connectivity index (χ1n) is 10.4. The Hall–Kier alpha value is -2.43. The van der Waals surface area contributed by atoms with Crippen molar-refractivity contribution >= 4 is 22.8 Å². The highest BCUT2D eigenvalue weighted by Gasteiger charge is 2.30. The van der Waals surface area contributed by atoms with Crippen molar-refractivity contribution in [3.05, 3.63) is 41.1 Å². The van der Waals surface area contributed by atoms with Crippen LogP contribution in [0.3, 0.4) is 0 Å². The molecule has 2 aliphatic rings. The van der Waals surface area contributed by atoms with Gasteiger partial charge in [0.15, 0.2) is 6.10 Å². The van der Waals surface area contributed by atoms with E-state index < -0.39 is 12.1 Å². The molecule has 1 aliphatic heterocycles. The fraction of sp³-hybridized carbons (Fsp3) is 0.522. The number of fused-ring (bicyclic) bond motifs is 2. The van der Waals surface area contributed by atoms with Gasteiger partial charge in [-0.2, -0.15) is 0 Å². The summed E-state index contributed by atoms with van der Waals surface area (Å²) in [5.41, 5.74) is 3.42. The summed E-state index contributed by atoms with van der Waals surface area (Å²) in [4.78, 5) is 32.5. The van der Waals surface area contributed by atoms with Gasteiger partial charge in [-0.3, -0.25) is 9.78 Å². The number of esters is 1. The minimum atomic E-state index is -0.769. The lowest BCUT2D eigenvalue weighted by Gasteiger charge is -2.29. The zero-order chi connectivity index (χ0) is 19.7. The molecule has 1 aliphatic carbocycles. The van der Waals surface area contributed by atoms with E-state index in [1.54, 1.807) is 6.92 Å². The van der Waals surface area contributed by atoms with Gasteiger partial charge in [-0.1, -0.05) is 25.1 Å². The third-order valence-electron chi connectivity index (χ3n) is 6.01. The fourth-order valence-corrected chi connectivity index (χ4v) is 4.44. The maximum absolute atomic E-state index is 13.2. The maximum atomic E-state index is 13.2. The second-order valence-electron chi connectivity index (χ2n) is 8.21. The van der Waals surface area contributed by atoms with E-state index in [2.05, 4.69) is 6.92 Å². The highest BCUT2D eigenvalue weighted by molar-refractivity contribution is 6.05. The number of pyridine rings is 1. The van der Waals surface area contributed by atoms with Gasteiger partial charge in [-0.25, -0.2) is 4.79 Å². The summed E-state index contributed by atoms with van der Waals surface area (Å²) in [5.74, 6) is 0.0184. The molecular weight excluding hydrogens is 352 g/mol. The summed E-state index contributed by atoms with van der Waals surface area (Å²) >= 11 is 0. The van der Waals surface area contributed by atoms with Gasteiger partial charge in [-0.15, -0.1) is 0 Å². The molecule has 2 aromatic rings. The van der Waals surface area contributed by atoms with Gasteiger partial charge in [-0.05, 0) is 63.0 Å². The number of carbonyl (C=O) groups is 2. The molecule has 0 bridgehead atoms. The Kier molecular flexibility index (Phi) is 5.33. The van der Waals surface area contributed by atoms with Crippen LogP contribution < -0.4 is 0 Å². The summed E-state index contributed by atoms with van der Waals surface area (Å²) in [5, 5.41) is 0.818. The van der Waals surface area contributed by atoms with E-state index in [1.807, 2.05) is 29.2 Å². The number of hydrogen-bond donors (Lipinski definition) is 0. The van der Waals surface area contributed by atoms with E-state index in [-0.39, 0.29) is 5.91 Å². The van der Waals surface area contributed by atoms with Crippen molar-refractivity contribution in [3.63, 3.8) is 0 Å². The third-order valence-corrected chi connectivity index (χ3v) is 6.01. The normalized spacial score (nSPS) is 20.5. The molecule has 0 radical (unpaired) electrons. The SMILES string of the molecule is C[C@@H]1CCc2nc3ccccc3c(C(=O)O[C@H](C)C(=O)N3CCCCC3)c2C1. The third kappa shape index (κ3) is 3.62. The van der Waals surface area contributed by atoms with Crippen LogP contribution in [0.25, 0.3) is 10.9 Å². The number of aromatic nitrogens is 1. The van der Waals surface area contributed by atoms with E-state index >= 15 is 0 Å². The van der Waals surface area contributed by atoms with Crippen LogP contribution in [0.1, 0.15) is 61.1 Å². The van der Waals surface area contributed by atoms with Crippen LogP contribution in [0.5, 0.6) is 0 Å². The molecule has 1 fully saturated rings. The monoisotopic (exact) mass is 380 g/mol. The number of piperidine rings is 1. The van der Waals surface area contributed by atoms with Crippen LogP contribution in [0.4, 0.5) is 0 Å². The van der Waals surface area contributed by atoms with Gasteiger partial charge in [0.2, 0.25) is 0 Å². The van der Waals surface area contributed by atoms with Crippen molar-refractivity contribution < 1.29 is 14.3 Å². The minimum absolute atomic E-state index is 0.0892. The minimum Gasteiger partial charge on any atom is -0.449 e. The Balaban J connectivity index is 1.64. The van der Waals surface area contributed by atoms with Gasteiger partial charge in [0, 0.05) is 24.2 Å². The highest BCUT2D eigenvalue weighted by atomic mass is 16.5.